The van der Waals surface area contributed by atoms with Crippen molar-refractivity contribution in [3.63, 3.8) is 0 Å². The number of nitrogens with one attached hydrogen (secondary N) is 1. The summed E-state index contributed by atoms with van der Waals surface area (Å²) in [5, 5.41) is 12.1. The van der Waals surface area contributed by atoms with Gasteiger partial charge in [0, 0.05) is 25.2 Å². The van der Waals surface area contributed by atoms with E-state index >= 15 is 0 Å². The van der Waals surface area contributed by atoms with E-state index < -0.39 is 5.97 Å². The van der Waals surface area contributed by atoms with Gasteiger partial charge in [0.25, 0.3) is 0 Å². The summed E-state index contributed by atoms with van der Waals surface area (Å²) in [5.74, 6) is -0.996. The molecule has 4 heteroatoms. The maximum absolute atomic E-state index is 10.8. The second kappa shape index (κ2) is 3.64. The number of likely N-dealkylation sites (N-methyl/N-ethyl adjacent to an activating group) is 1. The van der Waals surface area contributed by atoms with Crippen molar-refractivity contribution in [3.05, 3.63) is 0 Å². The number of hydrogen-bond donors (Lipinski definition) is 2. The van der Waals surface area contributed by atoms with Gasteiger partial charge < -0.3 is 10.4 Å². The molecule has 0 amide bonds. The first kappa shape index (κ1) is 10.5. The van der Waals surface area contributed by atoms with Crippen LogP contribution < -0.4 is 5.32 Å². The quantitative estimate of drug-likeness (QED) is 0.605. The van der Waals surface area contributed by atoms with Crippen molar-refractivity contribution in [2.45, 2.75) is 19.4 Å². The number of carbonyl (C=O) groups is 1. The number of hydrogen-bond acceptors (Lipinski definition) is 3. The monoisotopic (exact) mass is 186 g/mol. The molecule has 1 heterocycles. The summed E-state index contributed by atoms with van der Waals surface area (Å²) in [5.41, 5.74) is 0.0458. The Hall–Kier alpha value is -0.610. The van der Waals surface area contributed by atoms with Crippen LogP contribution in [0, 0.1) is 5.92 Å². The average molecular weight is 186 g/mol. The van der Waals surface area contributed by atoms with Gasteiger partial charge in [-0.05, 0) is 20.9 Å². The van der Waals surface area contributed by atoms with Crippen molar-refractivity contribution >= 4 is 5.97 Å². The van der Waals surface area contributed by atoms with Crippen LogP contribution in [0.1, 0.15) is 13.8 Å². The van der Waals surface area contributed by atoms with Crippen LogP contribution in [0.25, 0.3) is 0 Å². The maximum Gasteiger partial charge on any atom is 0.309 e. The zero-order valence-corrected chi connectivity index (χ0v) is 8.50. The van der Waals surface area contributed by atoms with Gasteiger partial charge in [0.1, 0.15) is 0 Å². The molecule has 1 unspecified atom stereocenters. The van der Waals surface area contributed by atoms with Crippen molar-refractivity contribution in [1.29, 1.82) is 0 Å². The van der Waals surface area contributed by atoms with E-state index in [1.165, 1.54) is 0 Å². The lowest BCUT2D eigenvalue weighted by molar-refractivity contribution is -0.142. The third kappa shape index (κ3) is 2.42. The van der Waals surface area contributed by atoms with Crippen molar-refractivity contribution in [2.75, 3.05) is 26.7 Å². The van der Waals surface area contributed by atoms with Gasteiger partial charge in [0.05, 0.1) is 5.92 Å². The Balaban J connectivity index is 2.66. The fraction of sp³-hybridized carbons (Fsp3) is 0.889. The lowest BCUT2D eigenvalue weighted by atomic mass is 10.0. The minimum absolute atomic E-state index is 0.0458. The molecule has 0 bridgehead atoms. The Kier molecular flexibility index (Phi) is 2.93. The van der Waals surface area contributed by atoms with Crippen molar-refractivity contribution in [2.24, 2.45) is 5.92 Å². The number of aliphatic carboxylic acids is 1. The van der Waals surface area contributed by atoms with Crippen LogP contribution >= 0.6 is 0 Å². The van der Waals surface area contributed by atoms with E-state index in [0.29, 0.717) is 13.1 Å². The molecule has 1 fully saturated rings. The lowest BCUT2D eigenvalue weighted by Gasteiger charge is -2.33. The molecule has 0 saturated carbocycles. The van der Waals surface area contributed by atoms with Gasteiger partial charge in [-0.2, -0.15) is 0 Å². The first-order chi connectivity index (χ1) is 5.93. The second-order valence-electron chi connectivity index (χ2n) is 4.36. The molecule has 0 spiro atoms. The Morgan fingerprint density at radius 1 is 1.62 bits per heavy atom. The molecular formula is C9H18N2O2. The Bertz CT molecular complexity index is 204. The van der Waals surface area contributed by atoms with E-state index in [4.69, 9.17) is 5.11 Å². The number of rotatable bonds is 1. The fourth-order valence-corrected chi connectivity index (χ4v) is 1.49. The highest BCUT2D eigenvalue weighted by Gasteiger charge is 2.31. The van der Waals surface area contributed by atoms with Gasteiger partial charge in [-0.3, -0.25) is 9.69 Å². The molecule has 76 valence electrons. The minimum atomic E-state index is -0.711. The summed E-state index contributed by atoms with van der Waals surface area (Å²) in [6.45, 7) is 6.26. The predicted molar refractivity (Wildman–Crippen MR) is 50.7 cm³/mol. The molecule has 1 rings (SSSR count). The fourth-order valence-electron chi connectivity index (χ4n) is 1.49. The summed E-state index contributed by atoms with van der Waals surface area (Å²) >= 11 is 0. The van der Waals surface area contributed by atoms with E-state index in [2.05, 4.69) is 24.1 Å². The normalized spacial score (nSPS) is 29.6. The van der Waals surface area contributed by atoms with Crippen LogP contribution in [0.3, 0.4) is 0 Å². The van der Waals surface area contributed by atoms with Crippen LogP contribution in [-0.2, 0) is 4.79 Å². The van der Waals surface area contributed by atoms with Gasteiger partial charge in [0.2, 0.25) is 0 Å². The largest absolute Gasteiger partial charge is 0.481 e. The Morgan fingerprint density at radius 2 is 2.23 bits per heavy atom. The van der Waals surface area contributed by atoms with Crippen LogP contribution in [0.2, 0.25) is 0 Å². The van der Waals surface area contributed by atoms with Gasteiger partial charge in [-0.25, -0.2) is 0 Å². The third-order valence-corrected chi connectivity index (χ3v) is 2.83. The van der Waals surface area contributed by atoms with Crippen LogP contribution in [0.5, 0.6) is 0 Å². The van der Waals surface area contributed by atoms with E-state index in [0.717, 1.165) is 6.54 Å². The molecule has 2 N–H and O–H groups in total. The van der Waals surface area contributed by atoms with Crippen LogP contribution in [0.15, 0.2) is 0 Å². The molecule has 4 nitrogen and oxygen atoms in total. The van der Waals surface area contributed by atoms with E-state index in [1.54, 1.807) is 0 Å². The van der Waals surface area contributed by atoms with Gasteiger partial charge >= 0.3 is 5.97 Å². The predicted octanol–water partition coefficient (Wildman–Crippen LogP) is 0.000800. The van der Waals surface area contributed by atoms with Crippen molar-refractivity contribution in [3.8, 4) is 0 Å². The number of nitrogens with zero attached hydrogens (tertiary/aromatic N) is 1. The van der Waals surface area contributed by atoms with Gasteiger partial charge in [0.15, 0.2) is 0 Å². The molecule has 1 aliphatic heterocycles. The molecule has 0 aliphatic carbocycles. The van der Waals surface area contributed by atoms with E-state index in [-0.39, 0.29) is 11.5 Å². The Labute approximate surface area is 78.9 Å². The van der Waals surface area contributed by atoms with Crippen LogP contribution in [-0.4, -0.2) is 48.2 Å². The molecule has 1 aliphatic rings. The van der Waals surface area contributed by atoms with Crippen LogP contribution in [0.4, 0.5) is 0 Å². The van der Waals surface area contributed by atoms with Crippen molar-refractivity contribution < 1.29 is 9.90 Å². The molecular weight excluding hydrogens is 168 g/mol. The third-order valence-electron chi connectivity index (χ3n) is 2.83. The standard InChI is InChI=1S/C9H18N2O2/c1-9(2)6-10-4-7(8(12)13)5-11(9)3/h7,10H,4-6H2,1-3H3,(H,12,13). The summed E-state index contributed by atoms with van der Waals surface area (Å²) in [6.07, 6.45) is 0. The first-order valence-electron chi connectivity index (χ1n) is 4.58. The Morgan fingerprint density at radius 3 is 2.77 bits per heavy atom. The zero-order chi connectivity index (χ0) is 10.1. The summed E-state index contributed by atoms with van der Waals surface area (Å²) in [4.78, 5) is 12.9. The van der Waals surface area contributed by atoms with Gasteiger partial charge in [-0.1, -0.05) is 0 Å². The first-order valence-corrected chi connectivity index (χ1v) is 4.58. The molecule has 0 aromatic rings. The minimum Gasteiger partial charge on any atom is -0.481 e. The smallest absolute Gasteiger partial charge is 0.309 e. The highest BCUT2D eigenvalue weighted by molar-refractivity contribution is 5.70. The highest BCUT2D eigenvalue weighted by Crippen LogP contribution is 2.16. The summed E-state index contributed by atoms with van der Waals surface area (Å²) < 4.78 is 0. The maximum atomic E-state index is 10.8. The van der Waals surface area contributed by atoms with Crippen molar-refractivity contribution in [1.82, 2.24) is 10.2 Å². The summed E-state index contributed by atoms with van der Waals surface area (Å²) in [6, 6.07) is 0. The lowest BCUT2D eigenvalue weighted by Crippen LogP contribution is -2.46. The molecule has 13 heavy (non-hydrogen) atoms. The SMILES string of the molecule is CN1CC(C(=O)O)CNCC1(C)C. The molecule has 0 radical (unpaired) electrons. The zero-order valence-electron chi connectivity index (χ0n) is 8.50. The van der Waals surface area contributed by atoms with Gasteiger partial charge in [-0.15, -0.1) is 0 Å². The van der Waals surface area contributed by atoms with E-state index in [9.17, 15) is 4.79 Å². The number of carboxylic acids is 1. The molecule has 1 atom stereocenters. The second-order valence-corrected chi connectivity index (χ2v) is 4.36. The number of carboxylic acid groups (broad SMARTS) is 1. The average Bonchev–Trinajstić information content (AvgIpc) is 2.12. The van der Waals surface area contributed by atoms with E-state index in [1.807, 2.05) is 7.05 Å². The summed E-state index contributed by atoms with van der Waals surface area (Å²) in [7, 11) is 1.98. The molecule has 0 aromatic heterocycles. The topological polar surface area (TPSA) is 52.6 Å². The molecule has 0 aromatic carbocycles. The molecule has 1 saturated heterocycles. The highest BCUT2D eigenvalue weighted by atomic mass is 16.4.